The molecule has 2 atom stereocenters. The molecule has 0 bridgehead atoms. The highest BCUT2D eigenvalue weighted by molar-refractivity contribution is 6.06. The highest BCUT2D eigenvalue weighted by Gasteiger charge is 2.33. The molecule has 1 fully saturated rings. The number of hydrogen-bond acceptors (Lipinski definition) is 4. The number of rotatable bonds is 9. The zero-order valence-corrected chi connectivity index (χ0v) is 21.6. The van der Waals surface area contributed by atoms with E-state index in [1.165, 1.54) is 0 Å². The van der Waals surface area contributed by atoms with Crippen molar-refractivity contribution in [3.63, 3.8) is 0 Å². The molecule has 1 aliphatic rings. The molecule has 2 unspecified atom stereocenters. The molecule has 5 heteroatoms. The number of likely N-dealkylation sites (tertiary alicyclic amines) is 1. The summed E-state index contributed by atoms with van der Waals surface area (Å²) in [5.74, 6) is 0.431. The minimum atomic E-state index is -0.0106. The smallest absolute Gasteiger partial charge is 0.254 e. The number of para-hydroxylation sites is 1. The Labute approximate surface area is 224 Å². The molecule has 0 aliphatic carbocycles. The number of Topliss-reactive ketones (excluding diaryl/α,β-unsaturated/α-hetero) is 1. The van der Waals surface area contributed by atoms with Crippen molar-refractivity contribution in [3.8, 4) is 11.1 Å². The maximum absolute atomic E-state index is 14.1. The largest absolute Gasteiger partial charge is 0.396 e. The molecule has 0 spiro atoms. The Hall–Kier alpha value is -3.83. The molecule has 1 N–H and O–H groups in total. The maximum atomic E-state index is 14.1. The molecule has 0 radical (unpaired) electrons. The number of aliphatic hydroxyl groups is 1. The Bertz CT molecular complexity index is 1400. The summed E-state index contributed by atoms with van der Waals surface area (Å²) in [6, 6.07) is 27.4. The van der Waals surface area contributed by atoms with Crippen LogP contribution in [0.1, 0.15) is 59.2 Å². The van der Waals surface area contributed by atoms with Crippen LogP contribution in [0.3, 0.4) is 0 Å². The summed E-state index contributed by atoms with van der Waals surface area (Å²) in [6.07, 6.45) is 6.20. The summed E-state index contributed by atoms with van der Waals surface area (Å²) in [7, 11) is 0. The second-order valence-electron chi connectivity index (χ2n) is 10.2. The number of ketones is 1. The molecule has 1 aliphatic heterocycles. The van der Waals surface area contributed by atoms with Crippen molar-refractivity contribution in [3.05, 3.63) is 102 Å². The minimum Gasteiger partial charge on any atom is -0.396 e. The van der Waals surface area contributed by atoms with E-state index in [1.54, 1.807) is 6.20 Å². The third kappa shape index (κ3) is 5.68. The minimum absolute atomic E-state index is 0.0106. The van der Waals surface area contributed by atoms with Crippen LogP contribution >= 0.6 is 0 Å². The van der Waals surface area contributed by atoms with Crippen LogP contribution < -0.4 is 0 Å². The fourth-order valence-electron chi connectivity index (χ4n) is 5.72. The van der Waals surface area contributed by atoms with Crippen molar-refractivity contribution in [1.29, 1.82) is 0 Å². The SMILES string of the molecule is O=C(CCC1CCC(CCCO)CN1C(=O)c1ccccc1-c1ccccc1)c1cccc2cccnc12. The number of benzene rings is 3. The van der Waals surface area contributed by atoms with Crippen molar-refractivity contribution in [2.24, 2.45) is 5.92 Å². The highest BCUT2D eigenvalue weighted by atomic mass is 16.3. The lowest BCUT2D eigenvalue weighted by Gasteiger charge is -2.40. The first-order valence-corrected chi connectivity index (χ1v) is 13.6. The van der Waals surface area contributed by atoms with Crippen LogP contribution in [0.15, 0.2) is 91.1 Å². The third-order valence-corrected chi connectivity index (χ3v) is 7.72. The van der Waals surface area contributed by atoms with Crippen LogP contribution in [0, 0.1) is 5.92 Å². The van der Waals surface area contributed by atoms with E-state index in [2.05, 4.69) is 4.98 Å². The van der Waals surface area contributed by atoms with Crippen LogP contribution in [-0.2, 0) is 0 Å². The lowest BCUT2D eigenvalue weighted by molar-refractivity contribution is 0.0493. The normalized spacial score (nSPS) is 17.4. The first-order valence-electron chi connectivity index (χ1n) is 13.6. The average molecular weight is 507 g/mol. The van der Waals surface area contributed by atoms with Crippen molar-refractivity contribution < 1.29 is 14.7 Å². The van der Waals surface area contributed by atoms with E-state index >= 15 is 0 Å². The topological polar surface area (TPSA) is 70.5 Å². The van der Waals surface area contributed by atoms with Crippen molar-refractivity contribution in [2.45, 2.75) is 44.6 Å². The summed E-state index contributed by atoms with van der Waals surface area (Å²) in [5.41, 5.74) is 4.01. The summed E-state index contributed by atoms with van der Waals surface area (Å²) >= 11 is 0. The molecular formula is C33H34N2O3. The number of piperidine rings is 1. The summed E-state index contributed by atoms with van der Waals surface area (Å²) in [5, 5.41) is 10.3. The van der Waals surface area contributed by atoms with E-state index in [1.807, 2.05) is 89.8 Å². The molecule has 2 heterocycles. The molecule has 3 aromatic carbocycles. The van der Waals surface area contributed by atoms with Crippen LogP contribution in [0.25, 0.3) is 22.0 Å². The molecule has 1 amide bonds. The molecule has 1 saturated heterocycles. The summed E-state index contributed by atoms with van der Waals surface area (Å²) in [6.45, 7) is 0.814. The van der Waals surface area contributed by atoms with Gasteiger partial charge in [-0.15, -0.1) is 0 Å². The Morgan fingerprint density at radius 1 is 0.842 bits per heavy atom. The Kier molecular flexibility index (Phi) is 8.25. The van der Waals surface area contributed by atoms with Gasteiger partial charge in [0.25, 0.3) is 5.91 Å². The van der Waals surface area contributed by atoms with Gasteiger partial charge in [-0.1, -0.05) is 66.7 Å². The van der Waals surface area contributed by atoms with Gasteiger partial charge in [0, 0.05) is 48.3 Å². The lowest BCUT2D eigenvalue weighted by atomic mass is 9.86. The van der Waals surface area contributed by atoms with E-state index < -0.39 is 0 Å². The van der Waals surface area contributed by atoms with Crippen molar-refractivity contribution in [1.82, 2.24) is 9.88 Å². The number of aromatic nitrogens is 1. The Balaban J connectivity index is 1.38. The first kappa shape index (κ1) is 25.8. The standard InChI is InChI=1S/C33H34N2O3/c36-22-8-9-24-17-18-27(19-20-31(37)30-16-6-12-26-13-7-21-34-32(26)30)35(23-24)33(38)29-15-5-4-14-28(29)25-10-2-1-3-11-25/h1-7,10-16,21,24,27,36H,8-9,17-20,22-23H2. The number of carbonyl (C=O) groups is 2. The molecule has 194 valence electrons. The van der Waals surface area contributed by atoms with Crippen molar-refractivity contribution >= 4 is 22.6 Å². The van der Waals surface area contributed by atoms with Gasteiger partial charge in [-0.3, -0.25) is 14.6 Å². The Morgan fingerprint density at radius 3 is 2.45 bits per heavy atom. The molecule has 4 aromatic rings. The van der Waals surface area contributed by atoms with E-state index in [0.717, 1.165) is 47.7 Å². The van der Waals surface area contributed by atoms with Crippen molar-refractivity contribution in [2.75, 3.05) is 13.2 Å². The van der Waals surface area contributed by atoms with Gasteiger partial charge in [0.05, 0.1) is 5.52 Å². The molecule has 5 rings (SSSR count). The molecule has 5 nitrogen and oxygen atoms in total. The van der Waals surface area contributed by atoms with Crippen LogP contribution in [0.4, 0.5) is 0 Å². The van der Waals surface area contributed by atoms with Gasteiger partial charge in [-0.05, 0) is 67.3 Å². The summed E-state index contributed by atoms with van der Waals surface area (Å²) < 4.78 is 0. The predicted octanol–water partition coefficient (Wildman–Crippen LogP) is 6.56. The van der Waals surface area contributed by atoms with Gasteiger partial charge < -0.3 is 10.0 Å². The van der Waals surface area contributed by atoms with E-state index in [9.17, 15) is 14.7 Å². The number of amides is 1. The van der Waals surface area contributed by atoms with Gasteiger partial charge in [0.2, 0.25) is 0 Å². The quantitative estimate of drug-likeness (QED) is 0.261. The number of nitrogens with zero attached hydrogens (tertiary/aromatic N) is 2. The van der Waals surface area contributed by atoms with E-state index in [-0.39, 0.29) is 24.3 Å². The Morgan fingerprint density at radius 2 is 1.61 bits per heavy atom. The monoisotopic (exact) mass is 506 g/mol. The van der Waals surface area contributed by atoms with Gasteiger partial charge >= 0.3 is 0 Å². The predicted molar refractivity (Wildman–Crippen MR) is 151 cm³/mol. The van der Waals surface area contributed by atoms with Gasteiger partial charge in [0.1, 0.15) is 0 Å². The van der Waals surface area contributed by atoms with Crippen LogP contribution in [-0.4, -0.2) is 45.9 Å². The fourth-order valence-corrected chi connectivity index (χ4v) is 5.72. The van der Waals surface area contributed by atoms with Crippen LogP contribution in [0.5, 0.6) is 0 Å². The van der Waals surface area contributed by atoms with Gasteiger partial charge in [0.15, 0.2) is 5.78 Å². The maximum Gasteiger partial charge on any atom is 0.254 e. The molecule has 0 saturated carbocycles. The van der Waals surface area contributed by atoms with Gasteiger partial charge in [-0.25, -0.2) is 0 Å². The fraction of sp³-hybridized carbons (Fsp3) is 0.303. The molecule has 38 heavy (non-hydrogen) atoms. The lowest BCUT2D eigenvalue weighted by Crippen LogP contribution is -2.47. The van der Waals surface area contributed by atoms with E-state index in [0.29, 0.717) is 36.4 Å². The second-order valence-corrected chi connectivity index (χ2v) is 10.2. The number of pyridine rings is 1. The first-order chi connectivity index (χ1) is 18.7. The third-order valence-electron chi connectivity index (χ3n) is 7.72. The van der Waals surface area contributed by atoms with Crippen LogP contribution in [0.2, 0.25) is 0 Å². The number of fused-ring (bicyclic) bond motifs is 1. The zero-order valence-electron chi connectivity index (χ0n) is 21.6. The molecule has 1 aromatic heterocycles. The number of carbonyl (C=O) groups excluding carboxylic acids is 2. The second kappa shape index (κ2) is 12.1. The van der Waals surface area contributed by atoms with E-state index in [4.69, 9.17) is 0 Å². The number of hydrogen-bond donors (Lipinski definition) is 1. The highest BCUT2D eigenvalue weighted by Crippen LogP contribution is 2.32. The summed E-state index contributed by atoms with van der Waals surface area (Å²) in [4.78, 5) is 33.9. The number of aliphatic hydroxyl groups excluding tert-OH is 1. The average Bonchev–Trinajstić information content (AvgIpc) is 2.98. The van der Waals surface area contributed by atoms with Gasteiger partial charge in [-0.2, -0.15) is 0 Å². The molecular weight excluding hydrogens is 472 g/mol. The zero-order chi connectivity index (χ0) is 26.3.